The number of aryl methyl sites for hydroxylation is 1. The lowest BCUT2D eigenvalue weighted by Gasteiger charge is -2.22. The Balaban J connectivity index is 1.50. The van der Waals surface area contributed by atoms with Crippen LogP contribution in [-0.2, 0) is 13.6 Å². The minimum Gasteiger partial charge on any atom is -0.353 e. The number of hydrogen-bond donors (Lipinski definition) is 0. The lowest BCUT2D eigenvalue weighted by atomic mass is 10.2. The number of halogens is 2. The van der Waals surface area contributed by atoms with Crippen molar-refractivity contribution in [1.29, 1.82) is 0 Å². The molecule has 7 nitrogen and oxygen atoms in total. The zero-order valence-corrected chi connectivity index (χ0v) is 14.4. The molecular weight excluding hydrogens is 340 g/mol. The Labute approximate surface area is 149 Å². The van der Waals surface area contributed by atoms with Gasteiger partial charge in [-0.25, -0.2) is 23.4 Å². The molecule has 1 saturated heterocycles. The molecule has 1 aromatic carbocycles. The van der Waals surface area contributed by atoms with Crippen molar-refractivity contribution in [1.82, 2.24) is 29.9 Å². The number of rotatable bonds is 3. The van der Waals surface area contributed by atoms with Crippen molar-refractivity contribution in [2.75, 3.05) is 31.1 Å². The smallest absolute Gasteiger partial charge is 0.183 e. The van der Waals surface area contributed by atoms with Gasteiger partial charge in [0.1, 0.15) is 18.0 Å². The van der Waals surface area contributed by atoms with E-state index >= 15 is 0 Å². The second-order valence-corrected chi connectivity index (χ2v) is 6.44. The van der Waals surface area contributed by atoms with Crippen molar-refractivity contribution >= 4 is 17.0 Å². The van der Waals surface area contributed by atoms with Gasteiger partial charge >= 0.3 is 0 Å². The van der Waals surface area contributed by atoms with E-state index in [1.807, 2.05) is 0 Å². The van der Waals surface area contributed by atoms with Crippen molar-refractivity contribution < 1.29 is 8.78 Å². The van der Waals surface area contributed by atoms with E-state index in [1.165, 1.54) is 18.5 Å². The molecule has 4 rings (SSSR count). The molecule has 1 fully saturated rings. The maximum Gasteiger partial charge on any atom is 0.183 e. The fourth-order valence-corrected chi connectivity index (χ4v) is 3.32. The summed E-state index contributed by atoms with van der Waals surface area (Å²) < 4.78 is 28.9. The van der Waals surface area contributed by atoms with Crippen LogP contribution >= 0.6 is 0 Å². The fraction of sp³-hybridized carbons (Fsp3) is 0.412. The van der Waals surface area contributed by atoms with E-state index in [2.05, 4.69) is 30.1 Å². The first-order valence-corrected chi connectivity index (χ1v) is 8.53. The monoisotopic (exact) mass is 359 g/mol. The lowest BCUT2D eigenvalue weighted by molar-refractivity contribution is 0.280. The number of aromatic nitrogens is 5. The zero-order chi connectivity index (χ0) is 18.1. The Hall–Kier alpha value is -2.68. The molecule has 0 amide bonds. The SMILES string of the molecule is Cn1nnc2c(N3CCCN(Cc4cc(F)ccc4F)CC3)ncnc21. The molecule has 0 N–H and O–H groups in total. The predicted molar refractivity (Wildman–Crippen MR) is 92.6 cm³/mol. The van der Waals surface area contributed by atoms with Gasteiger partial charge in [-0.1, -0.05) is 5.21 Å². The highest BCUT2D eigenvalue weighted by molar-refractivity contribution is 5.82. The molecule has 3 aromatic rings. The van der Waals surface area contributed by atoms with Gasteiger partial charge in [-0.3, -0.25) is 4.90 Å². The molecule has 0 atom stereocenters. The van der Waals surface area contributed by atoms with E-state index in [9.17, 15) is 8.78 Å². The Morgan fingerprint density at radius 3 is 2.85 bits per heavy atom. The molecule has 136 valence electrons. The Morgan fingerprint density at radius 2 is 1.96 bits per heavy atom. The van der Waals surface area contributed by atoms with E-state index in [0.29, 0.717) is 23.3 Å². The van der Waals surface area contributed by atoms with Crippen LogP contribution in [0, 0.1) is 11.6 Å². The van der Waals surface area contributed by atoms with E-state index in [4.69, 9.17) is 0 Å². The van der Waals surface area contributed by atoms with Crippen LogP contribution in [0.25, 0.3) is 11.2 Å². The summed E-state index contributed by atoms with van der Waals surface area (Å²) in [6.07, 6.45) is 2.41. The van der Waals surface area contributed by atoms with Gasteiger partial charge in [0.15, 0.2) is 17.0 Å². The third kappa shape index (κ3) is 3.22. The largest absolute Gasteiger partial charge is 0.353 e. The summed E-state index contributed by atoms with van der Waals surface area (Å²) in [5.41, 5.74) is 1.76. The third-order valence-corrected chi connectivity index (χ3v) is 4.66. The van der Waals surface area contributed by atoms with E-state index < -0.39 is 5.82 Å². The van der Waals surface area contributed by atoms with Crippen molar-refractivity contribution in [3.8, 4) is 0 Å². The molecular formula is C17H19F2N7. The van der Waals surface area contributed by atoms with Crippen LogP contribution in [0.1, 0.15) is 12.0 Å². The number of fused-ring (bicyclic) bond motifs is 1. The molecule has 1 aliphatic rings. The van der Waals surface area contributed by atoms with Crippen LogP contribution in [0.2, 0.25) is 0 Å². The maximum absolute atomic E-state index is 13.9. The van der Waals surface area contributed by atoms with Gasteiger partial charge in [-0.2, -0.15) is 0 Å². The quantitative estimate of drug-likeness (QED) is 0.710. The highest BCUT2D eigenvalue weighted by atomic mass is 19.1. The topological polar surface area (TPSA) is 63.0 Å². The molecule has 3 heterocycles. The van der Waals surface area contributed by atoms with E-state index in [-0.39, 0.29) is 5.82 Å². The van der Waals surface area contributed by atoms with Gasteiger partial charge in [0.25, 0.3) is 0 Å². The lowest BCUT2D eigenvalue weighted by Crippen LogP contribution is -2.31. The Morgan fingerprint density at radius 1 is 1.08 bits per heavy atom. The number of hydrogen-bond acceptors (Lipinski definition) is 6. The summed E-state index contributed by atoms with van der Waals surface area (Å²) in [5.74, 6) is -0.0182. The number of nitrogens with zero attached hydrogens (tertiary/aromatic N) is 7. The van der Waals surface area contributed by atoms with Crippen LogP contribution in [0.3, 0.4) is 0 Å². The molecule has 26 heavy (non-hydrogen) atoms. The summed E-state index contributed by atoms with van der Waals surface area (Å²) in [5, 5.41) is 8.19. The molecule has 2 aromatic heterocycles. The summed E-state index contributed by atoms with van der Waals surface area (Å²) in [4.78, 5) is 12.9. The van der Waals surface area contributed by atoms with Crippen LogP contribution in [-0.4, -0.2) is 56.0 Å². The average Bonchev–Trinajstić information content (AvgIpc) is 2.87. The predicted octanol–water partition coefficient (Wildman–Crippen LogP) is 1.75. The maximum atomic E-state index is 13.9. The summed E-state index contributed by atoms with van der Waals surface area (Å²) in [6.45, 7) is 3.45. The van der Waals surface area contributed by atoms with E-state index in [0.717, 1.165) is 44.5 Å². The standard InChI is InChI=1S/C17H19F2N7/c1-24-16-15(22-23-24)17(21-11-20-16)26-6-2-5-25(7-8-26)10-12-9-13(18)3-4-14(12)19/h3-4,9,11H,2,5-8,10H2,1H3. The van der Waals surface area contributed by atoms with E-state index in [1.54, 1.807) is 11.7 Å². The molecule has 0 unspecified atom stereocenters. The fourth-order valence-electron chi connectivity index (χ4n) is 3.32. The summed E-state index contributed by atoms with van der Waals surface area (Å²) >= 11 is 0. The first-order valence-electron chi connectivity index (χ1n) is 8.53. The summed E-state index contributed by atoms with van der Waals surface area (Å²) in [6, 6.07) is 3.59. The Kier molecular flexibility index (Phi) is 4.46. The highest BCUT2D eigenvalue weighted by Gasteiger charge is 2.21. The van der Waals surface area contributed by atoms with Crippen molar-refractivity contribution in [3.63, 3.8) is 0 Å². The van der Waals surface area contributed by atoms with Crippen LogP contribution in [0.5, 0.6) is 0 Å². The van der Waals surface area contributed by atoms with Gasteiger partial charge in [-0.05, 0) is 24.6 Å². The molecule has 0 spiro atoms. The van der Waals surface area contributed by atoms with Crippen LogP contribution in [0.4, 0.5) is 14.6 Å². The minimum absolute atomic E-state index is 0.371. The first kappa shape index (κ1) is 16.8. The normalized spacial score (nSPS) is 16.2. The second-order valence-electron chi connectivity index (χ2n) is 6.44. The van der Waals surface area contributed by atoms with Crippen molar-refractivity contribution in [3.05, 3.63) is 41.7 Å². The van der Waals surface area contributed by atoms with Crippen molar-refractivity contribution in [2.45, 2.75) is 13.0 Å². The molecule has 0 saturated carbocycles. The second kappa shape index (κ2) is 6.91. The average molecular weight is 359 g/mol. The van der Waals surface area contributed by atoms with Gasteiger partial charge in [-0.15, -0.1) is 5.10 Å². The van der Waals surface area contributed by atoms with Crippen molar-refractivity contribution in [2.24, 2.45) is 7.05 Å². The molecule has 0 aliphatic carbocycles. The van der Waals surface area contributed by atoms with Gasteiger partial charge in [0, 0.05) is 45.3 Å². The van der Waals surface area contributed by atoms with Gasteiger partial charge < -0.3 is 4.90 Å². The highest BCUT2D eigenvalue weighted by Crippen LogP contribution is 2.22. The van der Waals surface area contributed by atoms with Crippen LogP contribution < -0.4 is 4.90 Å². The Bertz CT molecular complexity index is 927. The van der Waals surface area contributed by atoms with Gasteiger partial charge in [0.05, 0.1) is 0 Å². The molecule has 0 radical (unpaired) electrons. The van der Waals surface area contributed by atoms with Crippen LogP contribution in [0.15, 0.2) is 24.5 Å². The molecule has 1 aliphatic heterocycles. The third-order valence-electron chi connectivity index (χ3n) is 4.66. The minimum atomic E-state index is -0.413. The molecule has 0 bridgehead atoms. The zero-order valence-electron chi connectivity index (χ0n) is 14.4. The summed E-state index contributed by atoms with van der Waals surface area (Å²) in [7, 11) is 1.80. The first-order chi connectivity index (χ1) is 12.6. The number of anilines is 1. The molecule has 9 heteroatoms. The van der Waals surface area contributed by atoms with Gasteiger partial charge in [0.2, 0.25) is 0 Å². The number of benzene rings is 1.